The van der Waals surface area contributed by atoms with Gasteiger partial charge in [0.25, 0.3) is 0 Å². The average Bonchev–Trinajstić information content (AvgIpc) is 2.48. The fourth-order valence-electron chi connectivity index (χ4n) is 2.45. The molecule has 0 radical (unpaired) electrons. The molecule has 21 heavy (non-hydrogen) atoms. The van der Waals surface area contributed by atoms with E-state index in [0.29, 0.717) is 0 Å². The van der Waals surface area contributed by atoms with Crippen molar-refractivity contribution in [2.75, 3.05) is 13.2 Å². The van der Waals surface area contributed by atoms with Gasteiger partial charge in [-0.3, -0.25) is 0 Å². The Morgan fingerprint density at radius 1 is 0.952 bits per heavy atom. The minimum atomic E-state index is 0.843. The van der Waals surface area contributed by atoms with Gasteiger partial charge in [0.1, 0.15) is 5.75 Å². The van der Waals surface area contributed by atoms with Crippen LogP contribution in [0.4, 0.5) is 0 Å². The maximum atomic E-state index is 5.99. The maximum absolute atomic E-state index is 5.99. The summed E-state index contributed by atoms with van der Waals surface area (Å²) in [5.74, 6) is 1.05. The standard InChI is InChI=1S/C19H33NO/c1-4-6-7-8-9-10-14-21-19-12-11-17(3)15-18(19)16-20-13-5-2/h11-12,15,20H,4-10,13-14,16H2,1-3H3. The van der Waals surface area contributed by atoms with Crippen molar-refractivity contribution >= 4 is 0 Å². The van der Waals surface area contributed by atoms with Crippen molar-refractivity contribution in [3.8, 4) is 5.75 Å². The minimum absolute atomic E-state index is 0.843. The SMILES string of the molecule is CCCCCCCCOc1ccc(C)cc1CNCCC. The zero-order chi connectivity index (χ0) is 15.3. The molecule has 0 aliphatic rings. The monoisotopic (exact) mass is 291 g/mol. The number of benzene rings is 1. The van der Waals surface area contributed by atoms with Gasteiger partial charge in [-0.05, 0) is 32.4 Å². The molecule has 0 spiro atoms. The molecule has 0 saturated heterocycles. The summed E-state index contributed by atoms with van der Waals surface area (Å²) in [7, 11) is 0. The number of nitrogens with one attached hydrogen (secondary N) is 1. The normalized spacial score (nSPS) is 10.8. The van der Waals surface area contributed by atoms with Gasteiger partial charge >= 0.3 is 0 Å². The van der Waals surface area contributed by atoms with E-state index < -0.39 is 0 Å². The Morgan fingerprint density at radius 3 is 2.48 bits per heavy atom. The highest BCUT2D eigenvalue weighted by Gasteiger charge is 2.04. The number of hydrogen-bond donors (Lipinski definition) is 1. The van der Waals surface area contributed by atoms with Crippen LogP contribution in [-0.4, -0.2) is 13.2 Å². The molecule has 0 atom stereocenters. The summed E-state index contributed by atoms with van der Waals surface area (Å²) < 4.78 is 5.99. The molecule has 0 heterocycles. The molecule has 0 saturated carbocycles. The molecule has 0 amide bonds. The second kappa shape index (κ2) is 11.6. The molecule has 1 aromatic rings. The van der Waals surface area contributed by atoms with Gasteiger partial charge in [-0.25, -0.2) is 0 Å². The van der Waals surface area contributed by atoms with Crippen LogP contribution in [0.5, 0.6) is 5.75 Å². The maximum Gasteiger partial charge on any atom is 0.123 e. The zero-order valence-electron chi connectivity index (χ0n) is 14.2. The van der Waals surface area contributed by atoms with E-state index in [1.807, 2.05) is 0 Å². The molecule has 0 fully saturated rings. The van der Waals surface area contributed by atoms with Crippen molar-refractivity contribution in [2.45, 2.75) is 72.3 Å². The predicted octanol–water partition coefficient (Wildman–Crippen LogP) is 5.23. The van der Waals surface area contributed by atoms with E-state index in [2.05, 4.69) is 44.3 Å². The van der Waals surface area contributed by atoms with Gasteiger partial charge < -0.3 is 10.1 Å². The Morgan fingerprint density at radius 2 is 1.71 bits per heavy atom. The quantitative estimate of drug-likeness (QED) is 0.532. The summed E-state index contributed by atoms with van der Waals surface area (Å²) in [5.41, 5.74) is 2.59. The van der Waals surface area contributed by atoms with E-state index in [-0.39, 0.29) is 0 Å². The van der Waals surface area contributed by atoms with E-state index in [0.717, 1.165) is 25.4 Å². The van der Waals surface area contributed by atoms with Gasteiger partial charge in [-0.1, -0.05) is 63.6 Å². The highest BCUT2D eigenvalue weighted by atomic mass is 16.5. The first-order chi connectivity index (χ1) is 10.3. The number of ether oxygens (including phenoxy) is 1. The number of rotatable bonds is 12. The first kappa shape index (κ1) is 18.0. The molecule has 0 aromatic heterocycles. The van der Waals surface area contributed by atoms with Gasteiger partial charge in [0.2, 0.25) is 0 Å². The van der Waals surface area contributed by atoms with Crippen LogP contribution in [0.2, 0.25) is 0 Å². The van der Waals surface area contributed by atoms with Crippen molar-refractivity contribution in [1.29, 1.82) is 0 Å². The lowest BCUT2D eigenvalue weighted by molar-refractivity contribution is 0.300. The van der Waals surface area contributed by atoms with E-state index in [1.54, 1.807) is 0 Å². The third-order valence-corrected chi connectivity index (χ3v) is 3.71. The van der Waals surface area contributed by atoms with Gasteiger partial charge in [0.05, 0.1) is 6.61 Å². The lowest BCUT2D eigenvalue weighted by atomic mass is 10.1. The molecule has 2 heteroatoms. The summed E-state index contributed by atoms with van der Waals surface area (Å²) in [4.78, 5) is 0. The molecular weight excluding hydrogens is 258 g/mol. The van der Waals surface area contributed by atoms with Crippen molar-refractivity contribution < 1.29 is 4.74 Å². The van der Waals surface area contributed by atoms with Crippen LogP contribution in [0.1, 0.15) is 69.9 Å². The van der Waals surface area contributed by atoms with Crippen LogP contribution >= 0.6 is 0 Å². The lowest BCUT2D eigenvalue weighted by Gasteiger charge is -2.13. The Labute approximate surface area is 131 Å². The Bertz CT molecular complexity index is 376. The smallest absolute Gasteiger partial charge is 0.123 e. The average molecular weight is 291 g/mol. The van der Waals surface area contributed by atoms with E-state index in [9.17, 15) is 0 Å². The van der Waals surface area contributed by atoms with Crippen LogP contribution in [0, 0.1) is 6.92 Å². The second-order valence-electron chi connectivity index (χ2n) is 5.90. The molecule has 2 nitrogen and oxygen atoms in total. The predicted molar refractivity (Wildman–Crippen MR) is 92.0 cm³/mol. The first-order valence-corrected chi connectivity index (χ1v) is 8.71. The Hall–Kier alpha value is -1.02. The van der Waals surface area contributed by atoms with Crippen molar-refractivity contribution in [2.24, 2.45) is 0 Å². The van der Waals surface area contributed by atoms with Crippen LogP contribution in [0.15, 0.2) is 18.2 Å². The summed E-state index contributed by atoms with van der Waals surface area (Å²) in [6.45, 7) is 9.40. The van der Waals surface area contributed by atoms with Gasteiger partial charge in [0, 0.05) is 12.1 Å². The fourth-order valence-corrected chi connectivity index (χ4v) is 2.45. The van der Waals surface area contributed by atoms with Crippen LogP contribution < -0.4 is 10.1 Å². The molecule has 120 valence electrons. The van der Waals surface area contributed by atoms with Gasteiger partial charge in [-0.2, -0.15) is 0 Å². The second-order valence-corrected chi connectivity index (χ2v) is 5.90. The zero-order valence-corrected chi connectivity index (χ0v) is 14.2. The van der Waals surface area contributed by atoms with Crippen LogP contribution in [0.3, 0.4) is 0 Å². The Kier molecular flexibility index (Phi) is 9.98. The Balaban J connectivity index is 2.32. The van der Waals surface area contributed by atoms with Crippen molar-refractivity contribution in [1.82, 2.24) is 5.32 Å². The van der Waals surface area contributed by atoms with E-state index in [4.69, 9.17) is 4.74 Å². The van der Waals surface area contributed by atoms with E-state index >= 15 is 0 Å². The number of aryl methyl sites for hydroxylation is 1. The van der Waals surface area contributed by atoms with Crippen LogP contribution in [-0.2, 0) is 6.54 Å². The molecule has 0 bridgehead atoms. The van der Waals surface area contributed by atoms with Gasteiger partial charge in [0.15, 0.2) is 0 Å². The molecule has 0 aliphatic heterocycles. The van der Waals surface area contributed by atoms with E-state index in [1.165, 1.54) is 56.1 Å². The molecule has 1 N–H and O–H groups in total. The van der Waals surface area contributed by atoms with Crippen molar-refractivity contribution in [3.05, 3.63) is 29.3 Å². The minimum Gasteiger partial charge on any atom is -0.493 e. The molecule has 0 unspecified atom stereocenters. The highest BCUT2D eigenvalue weighted by Crippen LogP contribution is 2.20. The largest absolute Gasteiger partial charge is 0.493 e. The molecule has 0 aliphatic carbocycles. The summed E-state index contributed by atoms with van der Waals surface area (Å²) in [6.07, 6.45) is 9.01. The molecule has 1 aromatic carbocycles. The summed E-state index contributed by atoms with van der Waals surface area (Å²) in [6, 6.07) is 6.49. The third-order valence-electron chi connectivity index (χ3n) is 3.71. The highest BCUT2D eigenvalue weighted by molar-refractivity contribution is 5.36. The van der Waals surface area contributed by atoms with Gasteiger partial charge in [-0.15, -0.1) is 0 Å². The van der Waals surface area contributed by atoms with Crippen molar-refractivity contribution in [3.63, 3.8) is 0 Å². The fraction of sp³-hybridized carbons (Fsp3) is 0.684. The first-order valence-electron chi connectivity index (χ1n) is 8.71. The number of unbranched alkanes of at least 4 members (excludes halogenated alkanes) is 5. The van der Waals surface area contributed by atoms with Crippen LogP contribution in [0.25, 0.3) is 0 Å². The molecule has 1 rings (SSSR count). The molecular formula is C19H33NO. The third kappa shape index (κ3) is 8.11. The summed E-state index contributed by atoms with van der Waals surface area (Å²) >= 11 is 0. The lowest BCUT2D eigenvalue weighted by Crippen LogP contribution is -2.15. The summed E-state index contributed by atoms with van der Waals surface area (Å²) in [5, 5.41) is 3.46. The topological polar surface area (TPSA) is 21.3 Å². The number of hydrogen-bond acceptors (Lipinski definition) is 2.